The van der Waals surface area contributed by atoms with Gasteiger partial charge in [-0.05, 0) is 36.2 Å². The summed E-state index contributed by atoms with van der Waals surface area (Å²) in [5, 5.41) is 0. The van der Waals surface area contributed by atoms with Crippen molar-refractivity contribution in [2.75, 3.05) is 20.2 Å². The van der Waals surface area contributed by atoms with Crippen LogP contribution in [-0.4, -0.2) is 31.0 Å². The Labute approximate surface area is 164 Å². The Kier molecular flexibility index (Phi) is 8.19. The molecule has 0 fully saturated rings. The van der Waals surface area contributed by atoms with Gasteiger partial charge in [-0.15, -0.1) is 0 Å². The van der Waals surface area contributed by atoms with Gasteiger partial charge < -0.3 is 20.1 Å². The first-order valence-electron chi connectivity index (χ1n) is 9.20. The van der Waals surface area contributed by atoms with E-state index in [0.29, 0.717) is 37.6 Å². The van der Waals surface area contributed by atoms with E-state index in [0.717, 1.165) is 18.1 Å². The number of nitrogens with zero attached hydrogens (tertiary/aromatic N) is 1. The zero-order valence-corrected chi connectivity index (χ0v) is 16.2. The van der Waals surface area contributed by atoms with Crippen molar-refractivity contribution in [2.24, 2.45) is 5.73 Å². The molecule has 0 aromatic heterocycles. The predicted octanol–water partition coefficient (Wildman–Crippen LogP) is 3.64. The van der Waals surface area contributed by atoms with Crippen LogP contribution in [0.25, 0.3) is 0 Å². The predicted molar refractivity (Wildman–Crippen MR) is 103 cm³/mol. The normalized spacial score (nSPS) is 10.6. The van der Waals surface area contributed by atoms with Gasteiger partial charge in [0.1, 0.15) is 18.2 Å². The number of nitrogens with two attached hydrogens (primary N) is 1. The van der Waals surface area contributed by atoms with Crippen LogP contribution in [0.5, 0.6) is 11.5 Å². The molecule has 28 heavy (non-hydrogen) atoms. The van der Waals surface area contributed by atoms with Crippen molar-refractivity contribution in [3.8, 4) is 11.5 Å². The largest absolute Gasteiger partial charge is 0.493 e. The molecular weight excluding hydrogens is 366 g/mol. The Morgan fingerprint density at radius 1 is 1.14 bits per heavy atom. The van der Waals surface area contributed by atoms with Crippen molar-refractivity contribution in [3.05, 3.63) is 59.2 Å². The molecule has 0 saturated heterocycles. The third kappa shape index (κ3) is 5.92. The molecule has 0 aliphatic heterocycles. The van der Waals surface area contributed by atoms with E-state index < -0.39 is 11.6 Å². The summed E-state index contributed by atoms with van der Waals surface area (Å²) in [7, 11) is 1.50. The molecule has 0 heterocycles. The standard InChI is InChI=1S/C21H26F2N2O3/c1-3-4-21(26)25(10-9-24)13-15-5-8-19(20(11-15)27-2)28-14-16-6-7-17(22)12-18(16)23/h5-8,11-12H,3-4,9-10,13-14,24H2,1-2H3. The van der Waals surface area contributed by atoms with E-state index in [9.17, 15) is 13.6 Å². The molecule has 0 atom stereocenters. The lowest BCUT2D eigenvalue weighted by molar-refractivity contribution is -0.131. The molecule has 7 heteroatoms. The van der Waals surface area contributed by atoms with Crippen molar-refractivity contribution in [1.82, 2.24) is 4.90 Å². The second-order valence-corrected chi connectivity index (χ2v) is 6.36. The molecule has 0 radical (unpaired) electrons. The van der Waals surface area contributed by atoms with Crippen LogP contribution in [-0.2, 0) is 17.9 Å². The monoisotopic (exact) mass is 392 g/mol. The number of amides is 1. The fourth-order valence-corrected chi connectivity index (χ4v) is 2.76. The van der Waals surface area contributed by atoms with Crippen LogP contribution >= 0.6 is 0 Å². The van der Waals surface area contributed by atoms with E-state index in [2.05, 4.69) is 0 Å². The lowest BCUT2D eigenvalue weighted by Gasteiger charge is -2.22. The van der Waals surface area contributed by atoms with Crippen LogP contribution in [0.3, 0.4) is 0 Å². The average Bonchev–Trinajstić information content (AvgIpc) is 2.67. The molecule has 0 aliphatic rings. The molecule has 0 aliphatic carbocycles. The summed E-state index contributed by atoms with van der Waals surface area (Å²) < 4.78 is 37.8. The van der Waals surface area contributed by atoms with Crippen molar-refractivity contribution >= 4 is 5.91 Å². The molecule has 0 unspecified atom stereocenters. The Bertz CT molecular complexity index is 799. The van der Waals surface area contributed by atoms with Gasteiger partial charge in [-0.3, -0.25) is 4.79 Å². The first-order chi connectivity index (χ1) is 13.5. The topological polar surface area (TPSA) is 64.8 Å². The summed E-state index contributed by atoms with van der Waals surface area (Å²) in [6, 6.07) is 8.65. The molecule has 2 rings (SSSR count). The van der Waals surface area contributed by atoms with Crippen LogP contribution < -0.4 is 15.2 Å². The quantitative estimate of drug-likeness (QED) is 0.671. The molecule has 5 nitrogen and oxygen atoms in total. The van der Waals surface area contributed by atoms with Crippen LogP contribution in [0, 0.1) is 11.6 Å². The number of benzene rings is 2. The van der Waals surface area contributed by atoms with Gasteiger partial charge in [0.2, 0.25) is 5.91 Å². The SMILES string of the molecule is CCCC(=O)N(CCN)Cc1ccc(OCc2ccc(F)cc2F)c(OC)c1. The minimum atomic E-state index is -0.664. The van der Waals surface area contributed by atoms with Crippen molar-refractivity contribution in [2.45, 2.75) is 32.9 Å². The van der Waals surface area contributed by atoms with Gasteiger partial charge in [-0.2, -0.15) is 0 Å². The lowest BCUT2D eigenvalue weighted by Crippen LogP contribution is -2.34. The number of carbonyl (C=O) groups excluding carboxylic acids is 1. The van der Waals surface area contributed by atoms with Crippen LogP contribution in [0.1, 0.15) is 30.9 Å². The number of hydrogen-bond acceptors (Lipinski definition) is 4. The van der Waals surface area contributed by atoms with Gasteiger partial charge >= 0.3 is 0 Å². The molecule has 2 aromatic carbocycles. The second-order valence-electron chi connectivity index (χ2n) is 6.36. The summed E-state index contributed by atoms with van der Waals surface area (Å²) >= 11 is 0. The highest BCUT2D eigenvalue weighted by atomic mass is 19.1. The average molecular weight is 392 g/mol. The Morgan fingerprint density at radius 3 is 2.57 bits per heavy atom. The zero-order valence-electron chi connectivity index (χ0n) is 16.2. The van der Waals surface area contributed by atoms with Crippen molar-refractivity contribution in [3.63, 3.8) is 0 Å². The Morgan fingerprint density at radius 2 is 1.93 bits per heavy atom. The summed E-state index contributed by atoms with van der Waals surface area (Å²) in [6.07, 6.45) is 1.25. The maximum absolute atomic E-state index is 13.8. The summed E-state index contributed by atoms with van der Waals surface area (Å²) in [4.78, 5) is 13.9. The van der Waals surface area contributed by atoms with Crippen LogP contribution in [0.4, 0.5) is 8.78 Å². The lowest BCUT2D eigenvalue weighted by atomic mass is 10.1. The molecule has 0 bridgehead atoms. The van der Waals surface area contributed by atoms with E-state index >= 15 is 0 Å². The second kappa shape index (κ2) is 10.6. The number of hydrogen-bond donors (Lipinski definition) is 1. The van der Waals surface area contributed by atoms with Crippen molar-refractivity contribution < 1.29 is 23.0 Å². The van der Waals surface area contributed by atoms with Gasteiger partial charge in [0, 0.05) is 37.7 Å². The minimum absolute atomic E-state index is 0.0547. The molecule has 2 aromatic rings. The highest BCUT2D eigenvalue weighted by Gasteiger charge is 2.14. The third-order valence-corrected chi connectivity index (χ3v) is 4.22. The smallest absolute Gasteiger partial charge is 0.222 e. The summed E-state index contributed by atoms with van der Waals surface area (Å²) in [5.41, 5.74) is 6.73. The minimum Gasteiger partial charge on any atom is -0.493 e. The molecule has 0 saturated carbocycles. The van der Waals surface area contributed by atoms with Crippen LogP contribution in [0.15, 0.2) is 36.4 Å². The van der Waals surface area contributed by atoms with Crippen molar-refractivity contribution in [1.29, 1.82) is 0 Å². The van der Waals surface area contributed by atoms with Gasteiger partial charge in [-0.1, -0.05) is 13.0 Å². The number of carbonyl (C=O) groups is 1. The highest BCUT2D eigenvalue weighted by molar-refractivity contribution is 5.76. The molecule has 1 amide bonds. The fourth-order valence-electron chi connectivity index (χ4n) is 2.76. The van der Waals surface area contributed by atoms with Gasteiger partial charge in [0.25, 0.3) is 0 Å². The first-order valence-corrected chi connectivity index (χ1v) is 9.20. The van der Waals surface area contributed by atoms with E-state index in [1.54, 1.807) is 17.0 Å². The van der Waals surface area contributed by atoms with Gasteiger partial charge in [0.15, 0.2) is 11.5 Å². The first kappa shape index (κ1) is 21.6. The summed E-state index contributed by atoms with van der Waals surface area (Å²) in [5.74, 6) is -0.347. The molecule has 2 N–H and O–H groups in total. The van der Waals surface area contributed by atoms with Gasteiger partial charge in [-0.25, -0.2) is 8.78 Å². The highest BCUT2D eigenvalue weighted by Crippen LogP contribution is 2.29. The Hall–Kier alpha value is -2.67. The van der Waals surface area contributed by atoms with Gasteiger partial charge in [0.05, 0.1) is 7.11 Å². The number of halogens is 2. The summed E-state index contributed by atoms with van der Waals surface area (Å²) in [6.45, 7) is 3.17. The van der Waals surface area contributed by atoms with E-state index in [1.165, 1.54) is 19.2 Å². The maximum atomic E-state index is 13.8. The van der Waals surface area contributed by atoms with Crippen LogP contribution in [0.2, 0.25) is 0 Å². The van der Waals surface area contributed by atoms with E-state index in [-0.39, 0.29) is 18.1 Å². The number of methoxy groups -OCH3 is 1. The molecular formula is C21H26F2N2O3. The number of rotatable bonds is 10. The maximum Gasteiger partial charge on any atom is 0.222 e. The zero-order chi connectivity index (χ0) is 20.5. The van der Waals surface area contributed by atoms with E-state index in [1.807, 2.05) is 13.0 Å². The third-order valence-electron chi connectivity index (χ3n) is 4.22. The number of ether oxygens (including phenoxy) is 2. The molecule has 0 spiro atoms. The molecule has 152 valence electrons. The van der Waals surface area contributed by atoms with E-state index in [4.69, 9.17) is 15.2 Å². The fraction of sp³-hybridized carbons (Fsp3) is 0.381. The Balaban J connectivity index is 2.10.